The second kappa shape index (κ2) is 7.88. The Labute approximate surface area is 110 Å². The predicted molar refractivity (Wildman–Crippen MR) is 74.3 cm³/mol. The summed E-state index contributed by atoms with van der Waals surface area (Å²) >= 11 is 0. The fourth-order valence-electron chi connectivity index (χ4n) is 1.91. The summed E-state index contributed by atoms with van der Waals surface area (Å²) in [5.74, 6) is 0.740. The Hall–Kier alpha value is -1.35. The third-order valence-electron chi connectivity index (χ3n) is 2.92. The van der Waals surface area contributed by atoms with E-state index in [1.54, 1.807) is 13.0 Å². The number of Topliss-reactive ketones (excluding diaryl/α,β-unsaturated/α-hetero) is 1. The van der Waals surface area contributed by atoms with Gasteiger partial charge in [0, 0.05) is 6.54 Å². The number of ketones is 1. The molecule has 100 valence electrons. The van der Waals surface area contributed by atoms with Crippen LogP contribution in [0.25, 0.3) is 0 Å². The molecule has 1 aromatic rings. The van der Waals surface area contributed by atoms with E-state index < -0.39 is 0 Å². The Kier molecular flexibility index (Phi) is 6.44. The molecule has 0 fully saturated rings. The summed E-state index contributed by atoms with van der Waals surface area (Å²) in [6.45, 7) is 9.54. The number of carbonyl (C=O) groups excluding carboxylic acids is 1. The van der Waals surface area contributed by atoms with Crippen LogP contribution in [0.2, 0.25) is 0 Å². The second-order valence-electron chi connectivity index (χ2n) is 4.34. The van der Waals surface area contributed by atoms with Crippen molar-refractivity contribution in [1.82, 2.24) is 4.90 Å². The number of benzene rings is 1. The highest BCUT2D eigenvalue weighted by atomic mass is 16.5. The average Bonchev–Trinajstić information content (AvgIpc) is 2.38. The highest BCUT2D eigenvalue weighted by molar-refractivity contribution is 5.96. The summed E-state index contributed by atoms with van der Waals surface area (Å²) in [6.07, 6.45) is 1.15. The van der Waals surface area contributed by atoms with Gasteiger partial charge in [-0.15, -0.1) is 0 Å². The highest BCUT2D eigenvalue weighted by Crippen LogP contribution is 2.18. The first-order valence-electron chi connectivity index (χ1n) is 6.64. The van der Waals surface area contributed by atoms with Crippen molar-refractivity contribution in [2.75, 3.05) is 26.2 Å². The molecular formula is C15H23NO2. The van der Waals surface area contributed by atoms with Crippen LogP contribution in [0.15, 0.2) is 24.3 Å². The normalized spacial score (nSPS) is 10.7. The lowest BCUT2D eigenvalue weighted by atomic mass is 10.1. The molecule has 0 aliphatic carbocycles. The molecule has 0 unspecified atom stereocenters. The number of carbonyl (C=O) groups is 1. The smallest absolute Gasteiger partial charge is 0.163 e. The summed E-state index contributed by atoms with van der Waals surface area (Å²) in [5, 5.41) is 0. The van der Waals surface area contributed by atoms with E-state index in [-0.39, 0.29) is 5.78 Å². The number of para-hydroxylation sites is 1. The molecule has 0 saturated carbocycles. The van der Waals surface area contributed by atoms with Crippen molar-refractivity contribution in [3.05, 3.63) is 29.8 Å². The summed E-state index contributed by atoms with van der Waals surface area (Å²) in [4.78, 5) is 13.8. The van der Waals surface area contributed by atoms with E-state index in [1.165, 1.54) is 0 Å². The monoisotopic (exact) mass is 249 g/mol. The van der Waals surface area contributed by atoms with Gasteiger partial charge in [-0.05, 0) is 38.6 Å². The zero-order chi connectivity index (χ0) is 13.4. The Morgan fingerprint density at radius 2 is 1.94 bits per heavy atom. The van der Waals surface area contributed by atoms with Gasteiger partial charge < -0.3 is 9.64 Å². The molecule has 0 N–H and O–H groups in total. The summed E-state index contributed by atoms with van der Waals surface area (Å²) in [6, 6.07) is 7.42. The lowest BCUT2D eigenvalue weighted by Gasteiger charge is -2.19. The van der Waals surface area contributed by atoms with E-state index in [4.69, 9.17) is 4.74 Å². The minimum absolute atomic E-state index is 0.0477. The quantitative estimate of drug-likeness (QED) is 0.663. The second-order valence-corrected chi connectivity index (χ2v) is 4.34. The first-order valence-corrected chi connectivity index (χ1v) is 6.64. The van der Waals surface area contributed by atoms with Crippen LogP contribution in [0.5, 0.6) is 5.75 Å². The first-order chi connectivity index (χ1) is 8.69. The standard InChI is InChI=1S/C15H23NO2/c1-4-10-16(5-2)11-12-18-15-9-7-6-8-14(15)13(3)17/h6-9H,4-5,10-12H2,1-3H3. The number of hydrogen-bond acceptors (Lipinski definition) is 3. The molecule has 0 saturated heterocycles. The highest BCUT2D eigenvalue weighted by Gasteiger charge is 2.07. The minimum atomic E-state index is 0.0477. The van der Waals surface area contributed by atoms with Gasteiger partial charge in [0.2, 0.25) is 0 Å². The van der Waals surface area contributed by atoms with Gasteiger partial charge in [-0.25, -0.2) is 0 Å². The van der Waals surface area contributed by atoms with Crippen LogP contribution in [0.3, 0.4) is 0 Å². The zero-order valence-electron chi connectivity index (χ0n) is 11.6. The van der Waals surface area contributed by atoms with Crippen molar-refractivity contribution in [2.45, 2.75) is 27.2 Å². The molecule has 0 amide bonds. The Morgan fingerprint density at radius 1 is 1.22 bits per heavy atom. The Morgan fingerprint density at radius 3 is 2.56 bits per heavy atom. The zero-order valence-corrected chi connectivity index (χ0v) is 11.6. The molecule has 0 aliphatic rings. The Balaban J connectivity index is 2.50. The maximum absolute atomic E-state index is 11.4. The van der Waals surface area contributed by atoms with Crippen LogP contribution in [-0.4, -0.2) is 36.9 Å². The van der Waals surface area contributed by atoms with Crippen molar-refractivity contribution in [3.63, 3.8) is 0 Å². The maximum Gasteiger partial charge on any atom is 0.163 e. The summed E-state index contributed by atoms with van der Waals surface area (Å²) in [5.41, 5.74) is 0.663. The molecule has 0 radical (unpaired) electrons. The van der Waals surface area contributed by atoms with Crippen LogP contribution in [0.4, 0.5) is 0 Å². The van der Waals surface area contributed by atoms with E-state index >= 15 is 0 Å². The number of rotatable bonds is 8. The van der Waals surface area contributed by atoms with E-state index in [9.17, 15) is 4.79 Å². The number of hydrogen-bond donors (Lipinski definition) is 0. The van der Waals surface area contributed by atoms with Gasteiger partial charge in [0.1, 0.15) is 12.4 Å². The summed E-state index contributed by atoms with van der Waals surface area (Å²) < 4.78 is 5.71. The summed E-state index contributed by atoms with van der Waals surface area (Å²) in [7, 11) is 0. The Bertz CT molecular complexity index is 377. The van der Waals surface area contributed by atoms with Crippen LogP contribution < -0.4 is 4.74 Å². The van der Waals surface area contributed by atoms with Crippen LogP contribution in [-0.2, 0) is 0 Å². The largest absolute Gasteiger partial charge is 0.491 e. The van der Waals surface area contributed by atoms with Crippen LogP contribution >= 0.6 is 0 Å². The molecule has 0 aliphatic heterocycles. The third-order valence-corrected chi connectivity index (χ3v) is 2.92. The van der Waals surface area contributed by atoms with E-state index in [0.717, 1.165) is 26.1 Å². The molecule has 0 bridgehead atoms. The van der Waals surface area contributed by atoms with Crippen LogP contribution in [0.1, 0.15) is 37.6 Å². The van der Waals surface area contributed by atoms with Gasteiger partial charge in [0.15, 0.2) is 5.78 Å². The molecular weight excluding hydrogens is 226 g/mol. The van der Waals surface area contributed by atoms with Crippen molar-refractivity contribution < 1.29 is 9.53 Å². The fraction of sp³-hybridized carbons (Fsp3) is 0.533. The molecule has 18 heavy (non-hydrogen) atoms. The lowest BCUT2D eigenvalue weighted by Crippen LogP contribution is -2.29. The molecule has 0 atom stereocenters. The lowest BCUT2D eigenvalue weighted by molar-refractivity contribution is 0.101. The van der Waals surface area contributed by atoms with Gasteiger partial charge in [0.05, 0.1) is 5.56 Å². The van der Waals surface area contributed by atoms with E-state index in [1.807, 2.05) is 18.2 Å². The van der Waals surface area contributed by atoms with E-state index in [0.29, 0.717) is 17.9 Å². The number of likely N-dealkylation sites (N-methyl/N-ethyl adjacent to an activating group) is 1. The number of nitrogens with zero attached hydrogens (tertiary/aromatic N) is 1. The van der Waals surface area contributed by atoms with Crippen molar-refractivity contribution in [1.29, 1.82) is 0 Å². The van der Waals surface area contributed by atoms with Gasteiger partial charge in [0.25, 0.3) is 0 Å². The average molecular weight is 249 g/mol. The molecule has 1 rings (SSSR count). The molecule has 0 spiro atoms. The predicted octanol–water partition coefficient (Wildman–Crippen LogP) is 3.00. The van der Waals surface area contributed by atoms with Crippen molar-refractivity contribution >= 4 is 5.78 Å². The topological polar surface area (TPSA) is 29.5 Å². The molecule has 0 heterocycles. The van der Waals surface area contributed by atoms with Gasteiger partial charge >= 0.3 is 0 Å². The minimum Gasteiger partial charge on any atom is -0.491 e. The third kappa shape index (κ3) is 4.49. The number of ether oxygens (including phenoxy) is 1. The van der Waals surface area contributed by atoms with Crippen molar-refractivity contribution in [3.8, 4) is 5.75 Å². The van der Waals surface area contributed by atoms with Gasteiger partial charge in [-0.1, -0.05) is 26.0 Å². The van der Waals surface area contributed by atoms with Gasteiger partial charge in [-0.2, -0.15) is 0 Å². The van der Waals surface area contributed by atoms with Crippen LogP contribution in [0, 0.1) is 0 Å². The fourth-order valence-corrected chi connectivity index (χ4v) is 1.91. The SMILES string of the molecule is CCCN(CC)CCOc1ccccc1C(C)=O. The van der Waals surface area contributed by atoms with Crippen molar-refractivity contribution in [2.24, 2.45) is 0 Å². The van der Waals surface area contributed by atoms with E-state index in [2.05, 4.69) is 18.7 Å². The molecule has 0 aromatic heterocycles. The first kappa shape index (κ1) is 14.7. The molecule has 3 heteroatoms. The molecule has 3 nitrogen and oxygen atoms in total. The molecule has 1 aromatic carbocycles. The van der Waals surface area contributed by atoms with Gasteiger partial charge in [-0.3, -0.25) is 4.79 Å². The maximum atomic E-state index is 11.4.